The van der Waals surface area contributed by atoms with Crippen LogP contribution in [-0.2, 0) is 25.4 Å². The second kappa shape index (κ2) is 9.17. The van der Waals surface area contributed by atoms with E-state index in [1.807, 2.05) is 0 Å². The molecule has 2 fully saturated rings. The average Bonchev–Trinajstić information content (AvgIpc) is 3.19. The van der Waals surface area contributed by atoms with E-state index in [1.54, 1.807) is 20.3 Å². The van der Waals surface area contributed by atoms with Gasteiger partial charge in [-0.05, 0) is 31.7 Å². The lowest BCUT2D eigenvalue weighted by Gasteiger charge is -2.32. The molecule has 0 amide bonds. The van der Waals surface area contributed by atoms with E-state index in [9.17, 15) is 9.59 Å². The fourth-order valence-corrected chi connectivity index (χ4v) is 4.40. The maximum absolute atomic E-state index is 12.5. The first-order valence-corrected chi connectivity index (χ1v) is 10.3. The summed E-state index contributed by atoms with van der Waals surface area (Å²) in [6.07, 6.45) is 8.13. The number of ether oxygens (including phenoxy) is 1. The van der Waals surface area contributed by atoms with Crippen molar-refractivity contribution in [2.75, 3.05) is 26.2 Å². The normalized spacial score (nSPS) is 26.0. The molecule has 1 aliphatic carbocycles. The van der Waals surface area contributed by atoms with Crippen LogP contribution in [0.3, 0.4) is 0 Å². The van der Waals surface area contributed by atoms with E-state index in [0.717, 1.165) is 32.5 Å². The molecule has 152 valence electrons. The Morgan fingerprint density at radius 2 is 2.00 bits per heavy atom. The number of rotatable bonds is 7. The molecule has 1 N–H and O–H groups in total. The lowest BCUT2D eigenvalue weighted by Crippen LogP contribution is -2.44. The van der Waals surface area contributed by atoms with Crippen molar-refractivity contribution in [3.8, 4) is 0 Å². The number of nitrogens with zero attached hydrogens (tertiary/aromatic N) is 3. The summed E-state index contributed by atoms with van der Waals surface area (Å²) in [6.45, 7) is 6.28. The summed E-state index contributed by atoms with van der Waals surface area (Å²) in [5.41, 5.74) is 0.181. The van der Waals surface area contributed by atoms with Crippen LogP contribution in [0, 0.1) is 5.92 Å². The average molecular weight is 379 g/mol. The zero-order valence-corrected chi connectivity index (χ0v) is 16.9. The molecule has 0 radical (unpaired) electrons. The van der Waals surface area contributed by atoms with Gasteiger partial charge in [0.1, 0.15) is 0 Å². The van der Waals surface area contributed by atoms with Crippen LogP contribution in [0.15, 0.2) is 15.8 Å². The molecule has 2 aliphatic rings. The molecule has 3 atom stereocenters. The van der Waals surface area contributed by atoms with Gasteiger partial charge in [0.25, 0.3) is 5.56 Å². The molecule has 0 bridgehead atoms. The minimum absolute atomic E-state index is 0.198. The standard InChI is InChI=1S/C20H34N4O3/c1-15-6-4-5-7-18(15)27-11-10-24(17-8-9-21-12-17)14-16-13-22(2)20(26)23(3)19(16)25/h13,15,17-18,21H,4-12,14H2,1-3H3/t15-,17-,18+/m1/s1. The van der Waals surface area contributed by atoms with Gasteiger partial charge < -0.3 is 14.6 Å². The van der Waals surface area contributed by atoms with Crippen molar-refractivity contribution in [2.24, 2.45) is 20.0 Å². The number of hydrogen-bond donors (Lipinski definition) is 1. The minimum Gasteiger partial charge on any atom is -0.377 e. The van der Waals surface area contributed by atoms with Gasteiger partial charge in [-0.2, -0.15) is 0 Å². The molecule has 1 aliphatic heterocycles. The molecule has 1 saturated carbocycles. The first kappa shape index (κ1) is 20.3. The van der Waals surface area contributed by atoms with Crippen molar-refractivity contribution in [2.45, 2.75) is 57.7 Å². The van der Waals surface area contributed by atoms with Crippen molar-refractivity contribution in [1.29, 1.82) is 0 Å². The van der Waals surface area contributed by atoms with Crippen molar-refractivity contribution in [3.63, 3.8) is 0 Å². The third kappa shape index (κ3) is 4.89. The molecule has 1 saturated heterocycles. The summed E-state index contributed by atoms with van der Waals surface area (Å²) in [7, 11) is 3.24. The molecule has 0 aromatic carbocycles. The van der Waals surface area contributed by atoms with E-state index in [-0.39, 0.29) is 11.2 Å². The van der Waals surface area contributed by atoms with E-state index in [1.165, 1.54) is 28.4 Å². The van der Waals surface area contributed by atoms with Gasteiger partial charge in [-0.3, -0.25) is 14.3 Å². The van der Waals surface area contributed by atoms with Crippen LogP contribution < -0.4 is 16.6 Å². The van der Waals surface area contributed by atoms with Crippen LogP contribution in [-0.4, -0.2) is 52.4 Å². The van der Waals surface area contributed by atoms with Crippen LogP contribution in [0.2, 0.25) is 0 Å². The first-order valence-electron chi connectivity index (χ1n) is 10.3. The monoisotopic (exact) mass is 378 g/mol. The molecular weight excluding hydrogens is 344 g/mol. The smallest absolute Gasteiger partial charge is 0.330 e. The molecule has 0 spiro atoms. The number of nitrogens with one attached hydrogen (secondary N) is 1. The zero-order chi connectivity index (χ0) is 19.4. The molecule has 3 rings (SSSR count). The zero-order valence-electron chi connectivity index (χ0n) is 16.9. The van der Waals surface area contributed by atoms with Crippen molar-refractivity contribution in [1.82, 2.24) is 19.4 Å². The second-order valence-electron chi connectivity index (χ2n) is 8.20. The van der Waals surface area contributed by atoms with Gasteiger partial charge in [-0.1, -0.05) is 19.8 Å². The van der Waals surface area contributed by atoms with Crippen molar-refractivity contribution in [3.05, 3.63) is 32.6 Å². The Labute approximate surface area is 161 Å². The Balaban J connectivity index is 1.67. The van der Waals surface area contributed by atoms with Crippen LogP contribution in [0.25, 0.3) is 0 Å². The van der Waals surface area contributed by atoms with Gasteiger partial charge in [-0.15, -0.1) is 0 Å². The summed E-state index contributed by atoms with van der Waals surface area (Å²) in [5, 5.41) is 3.41. The summed E-state index contributed by atoms with van der Waals surface area (Å²) in [4.78, 5) is 26.8. The predicted molar refractivity (Wildman–Crippen MR) is 106 cm³/mol. The molecule has 2 heterocycles. The highest BCUT2D eigenvalue weighted by Crippen LogP contribution is 2.26. The van der Waals surface area contributed by atoms with Crippen LogP contribution in [0.1, 0.15) is 44.6 Å². The highest BCUT2D eigenvalue weighted by atomic mass is 16.5. The highest BCUT2D eigenvalue weighted by Gasteiger charge is 2.25. The second-order valence-corrected chi connectivity index (χ2v) is 8.20. The first-order chi connectivity index (χ1) is 13.0. The Morgan fingerprint density at radius 1 is 1.22 bits per heavy atom. The Hall–Kier alpha value is -1.44. The third-order valence-electron chi connectivity index (χ3n) is 6.18. The van der Waals surface area contributed by atoms with E-state index in [2.05, 4.69) is 17.1 Å². The quantitative estimate of drug-likeness (QED) is 0.762. The largest absolute Gasteiger partial charge is 0.377 e. The molecule has 27 heavy (non-hydrogen) atoms. The Morgan fingerprint density at radius 3 is 2.70 bits per heavy atom. The van der Waals surface area contributed by atoms with Crippen molar-refractivity contribution >= 4 is 0 Å². The topological polar surface area (TPSA) is 68.5 Å². The molecule has 7 heteroatoms. The number of hydrogen-bond acceptors (Lipinski definition) is 5. The van der Waals surface area contributed by atoms with Gasteiger partial charge in [0, 0.05) is 51.5 Å². The maximum Gasteiger partial charge on any atom is 0.330 e. The van der Waals surface area contributed by atoms with Gasteiger partial charge in [0.15, 0.2) is 0 Å². The lowest BCUT2D eigenvalue weighted by atomic mass is 9.88. The fraction of sp³-hybridized carbons (Fsp3) is 0.800. The highest BCUT2D eigenvalue weighted by molar-refractivity contribution is 5.06. The van der Waals surface area contributed by atoms with E-state index < -0.39 is 0 Å². The summed E-state index contributed by atoms with van der Waals surface area (Å²) in [5.74, 6) is 0.635. The maximum atomic E-state index is 12.5. The van der Waals surface area contributed by atoms with E-state index >= 15 is 0 Å². The van der Waals surface area contributed by atoms with E-state index in [0.29, 0.717) is 36.8 Å². The molecule has 7 nitrogen and oxygen atoms in total. The number of aryl methyl sites for hydroxylation is 1. The fourth-order valence-electron chi connectivity index (χ4n) is 4.40. The summed E-state index contributed by atoms with van der Waals surface area (Å²) < 4.78 is 8.90. The van der Waals surface area contributed by atoms with Gasteiger partial charge in [-0.25, -0.2) is 4.79 Å². The van der Waals surface area contributed by atoms with Gasteiger partial charge in [0.05, 0.1) is 12.7 Å². The van der Waals surface area contributed by atoms with Gasteiger partial charge in [0.2, 0.25) is 0 Å². The summed E-state index contributed by atoms with van der Waals surface area (Å²) in [6, 6.07) is 0.402. The predicted octanol–water partition coefficient (Wildman–Crippen LogP) is 0.843. The Bertz CT molecular complexity index is 736. The minimum atomic E-state index is -0.285. The van der Waals surface area contributed by atoms with Gasteiger partial charge >= 0.3 is 5.69 Å². The number of aromatic nitrogens is 2. The summed E-state index contributed by atoms with van der Waals surface area (Å²) >= 11 is 0. The Kier molecular flexibility index (Phi) is 6.89. The van der Waals surface area contributed by atoms with E-state index in [4.69, 9.17) is 4.74 Å². The SMILES string of the molecule is C[C@@H]1CCCC[C@@H]1OCCN(Cc1cn(C)c(=O)n(C)c1=O)[C@@H]1CCNC1. The molecule has 0 unspecified atom stereocenters. The van der Waals surface area contributed by atoms with Crippen LogP contribution in [0.5, 0.6) is 0 Å². The van der Waals surface area contributed by atoms with Crippen LogP contribution >= 0.6 is 0 Å². The third-order valence-corrected chi connectivity index (χ3v) is 6.18. The van der Waals surface area contributed by atoms with Crippen molar-refractivity contribution < 1.29 is 4.74 Å². The lowest BCUT2D eigenvalue weighted by molar-refractivity contribution is -0.0182. The van der Waals surface area contributed by atoms with Crippen LogP contribution in [0.4, 0.5) is 0 Å². The molecule has 1 aromatic rings. The molecular formula is C20H34N4O3. The molecule has 1 aromatic heterocycles.